The van der Waals surface area contributed by atoms with Gasteiger partial charge in [-0.05, 0) is 44.5 Å². The van der Waals surface area contributed by atoms with Crippen molar-refractivity contribution in [2.75, 3.05) is 44.7 Å². The van der Waals surface area contributed by atoms with Crippen LogP contribution in [-0.4, -0.2) is 61.4 Å². The maximum atomic E-state index is 13.1. The maximum Gasteiger partial charge on any atom is 0.237 e. The van der Waals surface area contributed by atoms with E-state index in [0.717, 1.165) is 18.5 Å². The van der Waals surface area contributed by atoms with Crippen LogP contribution in [0.1, 0.15) is 33.6 Å². The molecule has 1 aromatic rings. The zero-order chi connectivity index (χ0) is 19.3. The normalized spacial score (nSPS) is 15.1. The van der Waals surface area contributed by atoms with E-state index in [2.05, 4.69) is 11.8 Å². The molecule has 0 aliphatic carbocycles. The Morgan fingerprint density at radius 2 is 1.69 bits per heavy atom. The number of anilines is 1. The Bertz CT molecular complexity index is 622. The molecule has 0 unspecified atom stereocenters. The molecule has 1 aliphatic heterocycles. The molecule has 5 nitrogen and oxygen atoms in total. The van der Waals surface area contributed by atoms with E-state index in [1.165, 1.54) is 12.1 Å². The average molecular weight is 363 g/mol. The topological polar surface area (TPSA) is 43.9 Å². The minimum absolute atomic E-state index is 0.121. The Labute approximate surface area is 155 Å². The van der Waals surface area contributed by atoms with Crippen molar-refractivity contribution in [3.05, 3.63) is 30.1 Å². The molecule has 0 atom stereocenters. The van der Waals surface area contributed by atoms with Gasteiger partial charge in [0, 0.05) is 45.5 Å². The van der Waals surface area contributed by atoms with Crippen LogP contribution in [0.3, 0.4) is 0 Å². The van der Waals surface area contributed by atoms with E-state index in [9.17, 15) is 14.0 Å². The number of halogens is 1. The molecule has 0 N–H and O–H groups in total. The third-order valence-corrected chi connectivity index (χ3v) is 5.02. The number of hydrogen-bond donors (Lipinski definition) is 0. The maximum absolute atomic E-state index is 13.1. The van der Waals surface area contributed by atoms with Crippen LogP contribution in [0.4, 0.5) is 10.1 Å². The van der Waals surface area contributed by atoms with Gasteiger partial charge in [0.2, 0.25) is 11.8 Å². The highest BCUT2D eigenvalue weighted by atomic mass is 19.1. The summed E-state index contributed by atoms with van der Waals surface area (Å²) in [5.74, 6) is -0.503. The molecule has 1 fully saturated rings. The number of rotatable bonds is 6. The van der Waals surface area contributed by atoms with E-state index in [4.69, 9.17) is 0 Å². The molecule has 1 heterocycles. The Hall–Kier alpha value is -2.11. The molecule has 0 radical (unpaired) electrons. The molecule has 2 amide bonds. The minimum Gasteiger partial charge on any atom is -0.368 e. The van der Waals surface area contributed by atoms with Crippen molar-refractivity contribution in [3.8, 4) is 0 Å². The minimum atomic E-state index is -1.06. The summed E-state index contributed by atoms with van der Waals surface area (Å²) in [4.78, 5) is 31.2. The third kappa shape index (κ3) is 4.54. The van der Waals surface area contributed by atoms with Gasteiger partial charge in [-0.15, -0.1) is 0 Å². The van der Waals surface area contributed by atoms with Crippen LogP contribution in [0.2, 0.25) is 0 Å². The van der Waals surface area contributed by atoms with Crippen LogP contribution in [0.25, 0.3) is 0 Å². The summed E-state index contributed by atoms with van der Waals surface area (Å²) in [6, 6.07) is 6.40. The molecule has 0 aromatic heterocycles. The standard InChI is InChI=1S/C20H30FN3O2/c1-5-6-11-22(4)18(25)20(2,3)19(26)24-14-12-23(13-15-24)17-9-7-16(21)8-10-17/h7-10H,5-6,11-15H2,1-4H3. The number of nitrogens with zero attached hydrogens (tertiary/aromatic N) is 3. The lowest BCUT2D eigenvalue weighted by Gasteiger charge is -2.39. The van der Waals surface area contributed by atoms with Crippen molar-refractivity contribution >= 4 is 17.5 Å². The lowest BCUT2D eigenvalue weighted by atomic mass is 9.89. The predicted molar refractivity (Wildman–Crippen MR) is 102 cm³/mol. The summed E-state index contributed by atoms with van der Waals surface area (Å²) in [6.07, 6.45) is 1.94. The first kappa shape index (κ1) is 20.2. The third-order valence-electron chi connectivity index (χ3n) is 5.02. The Morgan fingerprint density at radius 1 is 1.12 bits per heavy atom. The molecule has 1 aromatic carbocycles. The summed E-state index contributed by atoms with van der Waals surface area (Å²) in [6.45, 7) is 8.65. The SMILES string of the molecule is CCCCN(C)C(=O)C(C)(C)C(=O)N1CCN(c2ccc(F)cc2)CC1. The zero-order valence-electron chi connectivity index (χ0n) is 16.3. The van der Waals surface area contributed by atoms with Gasteiger partial charge in [-0.2, -0.15) is 0 Å². The molecule has 0 saturated carbocycles. The van der Waals surface area contributed by atoms with Gasteiger partial charge in [-0.3, -0.25) is 9.59 Å². The van der Waals surface area contributed by atoms with Gasteiger partial charge in [0.1, 0.15) is 11.2 Å². The van der Waals surface area contributed by atoms with E-state index in [1.807, 2.05) is 0 Å². The molecule has 26 heavy (non-hydrogen) atoms. The quantitative estimate of drug-likeness (QED) is 0.730. The molecule has 2 rings (SSSR count). The van der Waals surface area contributed by atoms with Crippen molar-refractivity contribution in [1.29, 1.82) is 0 Å². The Balaban J connectivity index is 1.95. The highest BCUT2D eigenvalue weighted by molar-refractivity contribution is 6.04. The average Bonchev–Trinajstić information content (AvgIpc) is 2.65. The van der Waals surface area contributed by atoms with Crippen molar-refractivity contribution in [2.45, 2.75) is 33.6 Å². The van der Waals surface area contributed by atoms with Crippen LogP contribution < -0.4 is 4.90 Å². The van der Waals surface area contributed by atoms with Crippen molar-refractivity contribution in [1.82, 2.24) is 9.80 Å². The number of unbranched alkanes of at least 4 members (excludes halogenated alkanes) is 1. The summed E-state index contributed by atoms with van der Waals surface area (Å²) in [7, 11) is 1.76. The van der Waals surface area contributed by atoms with Gasteiger partial charge >= 0.3 is 0 Å². The highest BCUT2D eigenvalue weighted by Crippen LogP contribution is 2.24. The van der Waals surface area contributed by atoms with Gasteiger partial charge in [0.05, 0.1) is 0 Å². The van der Waals surface area contributed by atoms with E-state index in [1.54, 1.807) is 42.8 Å². The van der Waals surface area contributed by atoms with Crippen molar-refractivity contribution in [2.24, 2.45) is 5.41 Å². The monoisotopic (exact) mass is 363 g/mol. The molecule has 0 spiro atoms. The van der Waals surface area contributed by atoms with E-state index >= 15 is 0 Å². The molecular weight excluding hydrogens is 333 g/mol. The molecule has 144 valence electrons. The largest absolute Gasteiger partial charge is 0.368 e. The number of benzene rings is 1. The van der Waals surface area contributed by atoms with Crippen molar-refractivity contribution < 1.29 is 14.0 Å². The second kappa shape index (κ2) is 8.52. The summed E-state index contributed by atoms with van der Waals surface area (Å²) >= 11 is 0. The number of carbonyl (C=O) groups excluding carboxylic acids is 2. The van der Waals surface area contributed by atoms with E-state index < -0.39 is 5.41 Å². The number of piperazine rings is 1. The number of hydrogen-bond acceptors (Lipinski definition) is 3. The van der Waals surface area contributed by atoms with Crippen LogP contribution in [0.15, 0.2) is 24.3 Å². The van der Waals surface area contributed by atoms with Crippen molar-refractivity contribution in [3.63, 3.8) is 0 Å². The molecule has 0 bridgehead atoms. The highest BCUT2D eigenvalue weighted by Gasteiger charge is 2.41. The molecule has 1 aliphatic rings. The van der Waals surface area contributed by atoms with Gasteiger partial charge in [0.15, 0.2) is 0 Å². The molecule has 6 heteroatoms. The first-order valence-corrected chi connectivity index (χ1v) is 9.32. The fourth-order valence-corrected chi connectivity index (χ4v) is 3.28. The molecule has 1 saturated heterocycles. The first-order valence-electron chi connectivity index (χ1n) is 9.32. The van der Waals surface area contributed by atoms with Gasteiger partial charge in [0.25, 0.3) is 0 Å². The second-order valence-corrected chi connectivity index (χ2v) is 7.46. The smallest absolute Gasteiger partial charge is 0.237 e. The lowest BCUT2D eigenvalue weighted by Crippen LogP contribution is -2.55. The van der Waals surface area contributed by atoms with E-state index in [0.29, 0.717) is 32.7 Å². The summed E-state index contributed by atoms with van der Waals surface area (Å²) in [5.41, 5.74) is -0.103. The van der Waals surface area contributed by atoms with Crippen LogP contribution >= 0.6 is 0 Å². The summed E-state index contributed by atoms with van der Waals surface area (Å²) in [5, 5.41) is 0. The van der Waals surface area contributed by atoms with Crippen LogP contribution in [-0.2, 0) is 9.59 Å². The van der Waals surface area contributed by atoms with Gasteiger partial charge in [-0.25, -0.2) is 4.39 Å². The predicted octanol–water partition coefficient (Wildman–Crippen LogP) is 2.76. The number of amides is 2. The fourth-order valence-electron chi connectivity index (χ4n) is 3.28. The van der Waals surface area contributed by atoms with Gasteiger partial charge < -0.3 is 14.7 Å². The second-order valence-electron chi connectivity index (χ2n) is 7.46. The Morgan fingerprint density at radius 3 is 2.23 bits per heavy atom. The molecular formula is C20H30FN3O2. The van der Waals surface area contributed by atoms with E-state index in [-0.39, 0.29) is 17.6 Å². The van der Waals surface area contributed by atoms with Crippen LogP contribution in [0, 0.1) is 11.2 Å². The Kier molecular flexibility index (Phi) is 6.62. The summed E-state index contributed by atoms with van der Waals surface area (Å²) < 4.78 is 13.1. The lowest BCUT2D eigenvalue weighted by molar-refractivity contribution is -0.153. The number of carbonyl (C=O) groups is 2. The van der Waals surface area contributed by atoms with Crippen LogP contribution in [0.5, 0.6) is 0 Å². The fraction of sp³-hybridized carbons (Fsp3) is 0.600. The first-order chi connectivity index (χ1) is 12.3. The van der Waals surface area contributed by atoms with Gasteiger partial charge in [-0.1, -0.05) is 13.3 Å². The zero-order valence-corrected chi connectivity index (χ0v) is 16.3.